The maximum atomic E-state index is 8.06. The van der Waals surface area contributed by atoms with E-state index in [4.69, 9.17) is 10.2 Å². The van der Waals surface area contributed by atoms with Gasteiger partial charge in [0.1, 0.15) is 0 Å². The van der Waals surface area contributed by atoms with Gasteiger partial charge in [-0.1, -0.05) is 0 Å². The maximum Gasteiger partial charge on any atom is 0.0483 e. The topological polar surface area (TPSA) is 40.5 Å². The van der Waals surface area contributed by atoms with Crippen LogP contribution in [0.1, 0.15) is 27.7 Å². The van der Waals surface area contributed by atoms with Gasteiger partial charge in [0.15, 0.2) is 0 Å². The van der Waals surface area contributed by atoms with E-state index in [0.29, 0.717) is 0 Å². The van der Waals surface area contributed by atoms with Crippen LogP contribution < -0.4 is 0 Å². The summed E-state index contributed by atoms with van der Waals surface area (Å²) in [4.78, 5) is 0. The van der Waals surface area contributed by atoms with E-state index in [1.807, 2.05) is 0 Å². The molecular weight excluding hydrogens is 164 g/mol. The molecule has 10 heavy (non-hydrogen) atoms. The van der Waals surface area contributed by atoms with E-state index in [1.54, 1.807) is 27.7 Å². The summed E-state index contributed by atoms with van der Waals surface area (Å²) in [6.45, 7) is 6.89. The SMILES string of the molecule is CC(C)O.CC(C)O.[CH3-].[Ti]. The number of hydrogen-bond donors (Lipinski definition) is 2. The fourth-order valence-electron chi connectivity index (χ4n) is 0. The summed E-state index contributed by atoms with van der Waals surface area (Å²) < 4.78 is 0. The zero-order valence-corrected chi connectivity index (χ0v) is 9.11. The first-order chi connectivity index (χ1) is 3.46. The Kier molecular flexibility index (Phi) is 36.6. The maximum absolute atomic E-state index is 8.06. The van der Waals surface area contributed by atoms with Crippen LogP contribution in [0.4, 0.5) is 0 Å². The molecule has 0 saturated heterocycles. The Hall–Kier alpha value is 0.634. The first-order valence-corrected chi connectivity index (χ1v) is 2.83. The molecule has 2 nitrogen and oxygen atoms in total. The van der Waals surface area contributed by atoms with Crippen molar-refractivity contribution >= 4 is 0 Å². The van der Waals surface area contributed by atoms with Gasteiger partial charge in [-0.15, -0.1) is 0 Å². The van der Waals surface area contributed by atoms with Gasteiger partial charge in [-0.25, -0.2) is 0 Å². The van der Waals surface area contributed by atoms with Crippen LogP contribution in [0.2, 0.25) is 0 Å². The molecule has 0 atom stereocenters. The smallest absolute Gasteiger partial charge is 0.0483 e. The Bertz CT molecular complexity index is 27.1. The van der Waals surface area contributed by atoms with Gasteiger partial charge < -0.3 is 17.6 Å². The van der Waals surface area contributed by atoms with Crippen molar-refractivity contribution in [2.75, 3.05) is 0 Å². The third-order valence-electron chi connectivity index (χ3n) is 0. The molecule has 0 saturated carbocycles. The molecule has 64 valence electrons. The van der Waals surface area contributed by atoms with E-state index in [1.165, 1.54) is 0 Å². The molecule has 2 N–H and O–H groups in total. The third-order valence-corrected chi connectivity index (χ3v) is 0. The molecule has 3 heteroatoms. The van der Waals surface area contributed by atoms with Crippen molar-refractivity contribution in [3.05, 3.63) is 7.43 Å². The molecule has 0 radical (unpaired) electrons. The van der Waals surface area contributed by atoms with Gasteiger partial charge in [-0.2, -0.15) is 0 Å². The van der Waals surface area contributed by atoms with Crippen LogP contribution in [0, 0.1) is 7.43 Å². The minimum Gasteiger partial charge on any atom is -0.394 e. The molecule has 0 aliphatic carbocycles. The summed E-state index contributed by atoms with van der Waals surface area (Å²) in [5.41, 5.74) is 0. The fraction of sp³-hybridized carbons (Fsp3) is 0.857. The summed E-state index contributed by atoms with van der Waals surface area (Å²) in [5, 5.41) is 16.1. The second-order valence-electron chi connectivity index (χ2n) is 2.19. The predicted molar refractivity (Wildman–Crippen MR) is 41.1 cm³/mol. The number of rotatable bonds is 0. The van der Waals surface area contributed by atoms with Gasteiger partial charge >= 0.3 is 0 Å². The van der Waals surface area contributed by atoms with Gasteiger partial charge in [-0.05, 0) is 27.7 Å². The molecule has 0 heterocycles. The molecule has 0 aromatic rings. The molecule has 0 aromatic heterocycles. The zero-order chi connectivity index (χ0) is 7.15. The Balaban J connectivity index is -0.0000000300. The largest absolute Gasteiger partial charge is 0.394 e. The molecule has 0 amide bonds. The van der Waals surface area contributed by atoms with Crippen molar-refractivity contribution in [2.45, 2.75) is 39.9 Å². The molecule has 0 unspecified atom stereocenters. The van der Waals surface area contributed by atoms with E-state index in [2.05, 4.69) is 0 Å². The summed E-state index contributed by atoms with van der Waals surface area (Å²) in [6.07, 6.45) is -0.333. The average molecular weight is 183 g/mol. The van der Waals surface area contributed by atoms with Gasteiger partial charge in [0.2, 0.25) is 0 Å². The van der Waals surface area contributed by atoms with Crippen molar-refractivity contribution in [1.82, 2.24) is 0 Å². The average Bonchev–Trinajstić information content (AvgIpc) is 1.25. The van der Waals surface area contributed by atoms with E-state index in [9.17, 15) is 0 Å². The van der Waals surface area contributed by atoms with Gasteiger partial charge in [0.25, 0.3) is 0 Å². The Morgan fingerprint density at radius 1 is 0.800 bits per heavy atom. The van der Waals surface area contributed by atoms with Gasteiger partial charge in [0.05, 0.1) is 0 Å². The normalized spacial score (nSPS) is 7.20. The Morgan fingerprint density at radius 3 is 0.800 bits per heavy atom. The number of aliphatic hydroxyl groups is 2. The summed E-state index contributed by atoms with van der Waals surface area (Å²) >= 11 is 0. The minimum atomic E-state index is -0.167. The van der Waals surface area contributed by atoms with Crippen molar-refractivity contribution < 1.29 is 31.9 Å². The molecule has 0 spiro atoms. The van der Waals surface area contributed by atoms with Crippen LogP contribution in [0.25, 0.3) is 0 Å². The van der Waals surface area contributed by atoms with E-state index >= 15 is 0 Å². The molecule has 0 aromatic carbocycles. The standard InChI is InChI=1S/2C3H8O.CH3.Ti/c2*1-3(2)4;;/h2*3-4H,1-2H3;1H3;/q;;-1;. The van der Waals surface area contributed by atoms with E-state index in [-0.39, 0.29) is 41.4 Å². The summed E-state index contributed by atoms with van der Waals surface area (Å²) in [5.74, 6) is 0. The second-order valence-corrected chi connectivity index (χ2v) is 2.19. The quantitative estimate of drug-likeness (QED) is 0.438. The Morgan fingerprint density at radius 2 is 0.800 bits per heavy atom. The molecule has 0 aliphatic heterocycles. The Labute approximate surface area is 79.5 Å². The molecule has 0 aliphatic rings. The second kappa shape index (κ2) is 16.3. The zero-order valence-electron chi connectivity index (χ0n) is 7.55. The molecule has 0 rings (SSSR count). The van der Waals surface area contributed by atoms with Gasteiger partial charge in [-0.3, -0.25) is 0 Å². The van der Waals surface area contributed by atoms with Gasteiger partial charge in [0, 0.05) is 33.9 Å². The van der Waals surface area contributed by atoms with E-state index < -0.39 is 0 Å². The summed E-state index contributed by atoms with van der Waals surface area (Å²) in [7, 11) is 0. The third kappa shape index (κ3) is 1250. The first kappa shape index (κ1) is 22.4. The van der Waals surface area contributed by atoms with Crippen molar-refractivity contribution in [1.29, 1.82) is 0 Å². The fourth-order valence-corrected chi connectivity index (χ4v) is 0. The molecule has 0 bridgehead atoms. The number of aliphatic hydroxyl groups excluding tert-OH is 2. The predicted octanol–water partition coefficient (Wildman–Crippen LogP) is 1.22. The monoisotopic (exact) mass is 183 g/mol. The van der Waals surface area contributed by atoms with E-state index in [0.717, 1.165) is 0 Å². The number of hydrogen-bond acceptors (Lipinski definition) is 2. The van der Waals surface area contributed by atoms with Crippen LogP contribution in [-0.2, 0) is 21.7 Å². The molecule has 0 fully saturated rings. The van der Waals surface area contributed by atoms with Crippen molar-refractivity contribution in [3.8, 4) is 0 Å². The van der Waals surface area contributed by atoms with Crippen molar-refractivity contribution in [2.24, 2.45) is 0 Å². The van der Waals surface area contributed by atoms with Crippen LogP contribution in [0.15, 0.2) is 0 Å². The molecular formula is C7H19O2Ti-. The first-order valence-electron chi connectivity index (χ1n) is 2.83. The van der Waals surface area contributed by atoms with Crippen LogP contribution in [0.3, 0.4) is 0 Å². The summed E-state index contributed by atoms with van der Waals surface area (Å²) in [6, 6.07) is 0. The van der Waals surface area contributed by atoms with Crippen LogP contribution >= 0.6 is 0 Å². The van der Waals surface area contributed by atoms with Crippen molar-refractivity contribution in [3.63, 3.8) is 0 Å². The minimum absolute atomic E-state index is 0. The van der Waals surface area contributed by atoms with Crippen LogP contribution in [-0.4, -0.2) is 22.4 Å². The van der Waals surface area contributed by atoms with Crippen LogP contribution in [0.5, 0.6) is 0 Å².